The van der Waals surface area contributed by atoms with E-state index in [2.05, 4.69) is 28.6 Å². The highest BCUT2D eigenvalue weighted by Crippen LogP contribution is 2.30. The van der Waals surface area contributed by atoms with E-state index >= 15 is 0 Å². The Balaban J connectivity index is 1.84. The topological polar surface area (TPSA) is 73.0 Å². The predicted octanol–water partition coefficient (Wildman–Crippen LogP) is 2.61. The van der Waals surface area contributed by atoms with E-state index in [1.807, 2.05) is 6.07 Å². The molecule has 3 rings (SSSR count). The van der Waals surface area contributed by atoms with Gasteiger partial charge >= 0.3 is 5.69 Å². The molecule has 0 saturated heterocycles. The maximum atomic E-state index is 11.2. The van der Waals surface area contributed by atoms with Gasteiger partial charge in [-0.05, 0) is 37.3 Å². The van der Waals surface area contributed by atoms with E-state index in [0.29, 0.717) is 11.5 Å². The molecule has 1 aromatic carbocycles. The third-order valence-corrected chi connectivity index (χ3v) is 4.06. The summed E-state index contributed by atoms with van der Waals surface area (Å²) in [4.78, 5) is 10.8. The zero-order chi connectivity index (χ0) is 15.0. The van der Waals surface area contributed by atoms with E-state index in [9.17, 15) is 10.1 Å². The molecule has 0 saturated carbocycles. The molecule has 1 N–H and O–H groups in total. The molecule has 0 amide bonds. The average molecular weight is 286 g/mol. The van der Waals surface area contributed by atoms with Gasteiger partial charge in [-0.15, -0.1) is 0 Å². The largest absolute Gasteiger partial charge is 0.361 e. The van der Waals surface area contributed by atoms with Crippen LogP contribution < -0.4 is 5.32 Å². The lowest BCUT2D eigenvalue weighted by Gasteiger charge is -2.25. The second-order valence-corrected chi connectivity index (χ2v) is 5.52. The van der Waals surface area contributed by atoms with Gasteiger partial charge in [0.2, 0.25) is 5.82 Å². The van der Waals surface area contributed by atoms with Crippen LogP contribution in [0.5, 0.6) is 0 Å². The van der Waals surface area contributed by atoms with Crippen LogP contribution in [0.1, 0.15) is 23.2 Å². The van der Waals surface area contributed by atoms with Crippen molar-refractivity contribution in [2.75, 3.05) is 5.32 Å². The fraction of sp³-hybridized carbons (Fsp3) is 0.400. The van der Waals surface area contributed by atoms with Crippen LogP contribution in [0.3, 0.4) is 0 Å². The molecule has 0 radical (unpaired) electrons. The summed E-state index contributed by atoms with van der Waals surface area (Å²) in [6.45, 7) is 1.67. The number of nitro groups is 1. The first kappa shape index (κ1) is 13.6. The van der Waals surface area contributed by atoms with Crippen molar-refractivity contribution < 1.29 is 4.92 Å². The van der Waals surface area contributed by atoms with Crippen molar-refractivity contribution in [1.82, 2.24) is 9.78 Å². The van der Waals surface area contributed by atoms with Gasteiger partial charge in [0, 0.05) is 13.1 Å². The number of nitrogens with zero attached hydrogens (tertiary/aromatic N) is 3. The molecule has 21 heavy (non-hydrogen) atoms. The molecule has 1 atom stereocenters. The summed E-state index contributed by atoms with van der Waals surface area (Å²) < 4.78 is 1.56. The van der Waals surface area contributed by atoms with Gasteiger partial charge in [-0.2, -0.15) is 5.10 Å². The van der Waals surface area contributed by atoms with Crippen molar-refractivity contribution in [2.45, 2.75) is 32.2 Å². The Morgan fingerprint density at radius 2 is 2.10 bits per heavy atom. The van der Waals surface area contributed by atoms with E-state index < -0.39 is 0 Å². The minimum absolute atomic E-state index is 0.0800. The molecule has 2 aromatic rings. The number of hydrogen-bond donors (Lipinski definition) is 1. The minimum Gasteiger partial charge on any atom is -0.361 e. The molecule has 0 fully saturated rings. The summed E-state index contributed by atoms with van der Waals surface area (Å²) in [5, 5.41) is 18.7. The molecule has 110 valence electrons. The molecule has 1 heterocycles. The fourth-order valence-electron chi connectivity index (χ4n) is 3.04. The number of anilines is 1. The molecule has 0 bridgehead atoms. The third-order valence-electron chi connectivity index (χ3n) is 4.06. The highest BCUT2D eigenvalue weighted by Gasteiger charge is 2.27. The van der Waals surface area contributed by atoms with Crippen LogP contribution >= 0.6 is 0 Å². The summed E-state index contributed by atoms with van der Waals surface area (Å²) in [7, 11) is 1.74. The molecule has 1 aliphatic carbocycles. The Bertz CT molecular complexity index is 693. The lowest BCUT2D eigenvalue weighted by atomic mass is 9.88. The van der Waals surface area contributed by atoms with Crippen LogP contribution in [0.25, 0.3) is 0 Å². The van der Waals surface area contributed by atoms with E-state index in [-0.39, 0.29) is 16.7 Å². The van der Waals surface area contributed by atoms with Crippen LogP contribution in [0, 0.1) is 17.0 Å². The summed E-state index contributed by atoms with van der Waals surface area (Å²) in [6.07, 6.45) is 2.86. The lowest BCUT2D eigenvalue weighted by Crippen LogP contribution is -2.28. The fourth-order valence-corrected chi connectivity index (χ4v) is 3.04. The molecule has 6 nitrogen and oxygen atoms in total. The van der Waals surface area contributed by atoms with Gasteiger partial charge in [0.1, 0.15) is 5.69 Å². The number of fused-ring (bicyclic) bond motifs is 1. The van der Waals surface area contributed by atoms with Crippen LogP contribution in [-0.4, -0.2) is 20.7 Å². The highest BCUT2D eigenvalue weighted by atomic mass is 16.6. The number of benzene rings is 1. The van der Waals surface area contributed by atoms with Crippen molar-refractivity contribution in [3.8, 4) is 0 Å². The Hall–Kier alpha value is -2.37. The maximum absolute atomic E-state index is 11.2. The lowest BCUT2D eigenvalue weighted by molar-refractivity contribution is -0.384. The standard InChI is InChI=1S/C15H18N4O2/c1-10-14(19(20)21)15(18(2)17-10)16-13-8-7-11-5-3-4-6-12(11)9-13/h3-6,13,16H,7-9H2,1-2H3. The number of rotatable bonds is 3. The van der Waals surface area contributed by atoms with Gasteiger partial charge < -0.3 is 5.32 Å². The van der Waals surface area contributed by atoms with Gasteiger partial charge in [0.25, 0.3) is 0 Å². The third kappa shape index (κ3) is 2.49. The predicted molar refractivity (Wildman–Crippen MR) is 80.5 cm³/mol. The zero-order valence-electron chi connectivity index (χ0n) is 12.2. The summed E-state index contributed by atoms with van der Waals surface area (Å²) in [5.74, 6) is 0.502. The summed E-state index contributed by atoms with van der Waals surface area (Å²) in [5.41, 5.74) is 3.23. The monoisotopic (exact) mass is 286 g/mol. The number of aromatic nitrogens is 2. The number of aryl methyl sites for hydroxylation is 3. The highest BCUT2D eigenvalue weighted by molar-refractivity contribution is 5.60. The minimum atomic E-state index is -0.360. The Morgan fingerprint density at radius 3 is 2.81 bits per heavy atom. The molecular formula is C15H18N4O2. The van der Waals surface area contributed by atoms with Crippen molar-refractivity contribution in [2.24, 2.45) is 7.05 Å². The second kappa shape index (κ2) is 5.20. The normalized spacial score (nSPS) is 17.3. The molecule has 0 aliphatic heterocycles. The average Bonchev–Trinajstić information content (AvgIpc) is 2.73. The van der Waals surface area contributed by atoms with Gasteiger partial charge in [-0.3, -0.25) is 10.1 Å². The van der Waals surface area contributed by atoms with Gasteiger partial charge in [0.15, 0.2) is 0 Å². The van der Waals surface area contributed by atoms with Gasteiger partial charge in [0.05, 0.1) is 4.92 Å². The molecule has 1 aliphatic rings. The van der Waals surface area contributed by atoms with Crippen LogP contribution in [0.15, 0.2) is 24.3 Å². The molecule has 6 heteroatoms. The van der Waals surface area contributed by atoms with Crippen molar-refractivity contribution in [3.05, 3.63) is 51.2 Å². The number of hydrogen-bond acceptors (Lipinski definition) is 4. The van der Waals surface area contributed by atoms with Gasteiger partial charge in [-0.25, -0.2) is 4.68 Å². The second-order valence-electron chi connectivity index (χ2n) is 5.52. The van der Waals surface area contributed by atoms with Crippen molar-refractivity contribution >= 4 is 11.5 Å². The maximum Gasteiger partial charge on any atom is 0.333 e. The van der Waals surface area contributed by atoms with Crippen molar-refractivity contribution in [3.63, 3.8) is 0 Å². The first-order valence-corrected chi connectivity index (χ1v) is 7.07. The van der Waals surface area contributed by atoms with Gasteiger partial charge in [-0.1, -0.05) is 24.3 Å². The van der Waals surface area contributed by atoms with Crippen molar-refractivity contribution in [1.29, 1.82) is 0 Å². The van der Waals surface area contributed by atoms with Crippen LogP contribution in [0.2, 0.25) is 0 Å². The first-order valence-electron chi connectivity index (χ1n) is 7.07. The Morgan fingerprint density at radius 1 is 1.38 bits per heavy atom. The molecule has 1 aromatic heterocycles. The molecular weight excluding hydrogens is 268 g/mol. The SMILES string of the molecule is Cc1nn(C)c(NC2CCc3ccccc3C2)c1[N+](=O)[O-]. The van der Waals surface area contributed by atoms with Crippen LogP contribution in [-0.2, 0) is 19.9 Å². The van der Waals surface area contributed by atoms with E-state index in [1.54, 1.807) is 18.7 Å². The smallest absolute Gasteiger partial charge is 0.333 e. The van der Waals surface area contributed by atoms with E-state index in [0.717, 1.165) is 19.3 Å². The molecule has 0 spiro atoms. The quantitative estimate of drug-likeness (QED) is 0.695. The van der Waals surface area contributed by atoms with Crippen LogP contribution in [0.4, 0.5) is 11.5 Å². The Labute approximate surface area is 122 Å². The number of nitrogens with one attached hydrogen (secondary N) is 1. The summed E-state index contributed by atoms with van der Waals surface area (Å²) >= 11 is 0. The Kier molecular flexibility index (Phi) is 3.37. The first-order chi connectivity index (χ1) is 10.1. The zero-order valence-corrected chi connectivity index (χ0v) is 12.2. The van der Waals surface area contributed by atoms with E-state index in [4.69, 9.17) is 0 Å². The van der Waals surface area contributed by atoms with E-state index in [1.165, 1.54) is 11.1 Å². The summed E-state index contributed by atoms with van der Waals surface area (Å²) in [6, 6.07) is 8.59. The molecule has 1 unspecified atom stereocenters.